The molecule has 1 unspecified atom stereocenters. The van der Waals surface area contributed by atoms with Gasteiger partial charge in [-0.25, -0.2) is 4.98 Å². The van der Waals surface area contributed by atoms with Crippen LogP contribution in [0.1, 0.15) is 12.0 Å². The molecule has 0 bridgehead atoms. The van der Waals surface area contributed by atoms with Crippen LogP contribution in [-0.4, -0.2) is 28.0 Å². The Morgan fingerprint density at radius 3 is 2.56 bits per heavy atom. The highest BCUT2D eigenvalue weighted by molar-refractivity contribution is 5.96. The maximum absolute atomic E-state index is 12.2. The van der Waals surface area contributed by atoms with E-state index in [-0.39, 0.29) is 11.9 Å². The molecular weight excluding hydrogens is 312 g/mol. The van der Waals surface area contributed by atoms with E-state index in [9.17, 15) is 4.79 Å². The lowest BCUT2D eigenvalue weighted by molar-refractivity contribution is -0.117. The van der Waals surface area contributed by atoms with Crippen molar-refractivity contribution < 1.29 is 4.79 Å². The highest BCUT2D eigenvalue weighted by Crippen LogP contribution is 2.21. The van der Waals surface area contributed by atoms with Gasteiger partial charge in [0.05, 0.1) is 6.33 Å². The van der Waals surface area contributed by atoms with Crippen molar-refractivity contribution in [3.05, 3.63) is 78.9 Å². The third-order valence-electron chi connectivity index (χ3n) is 4.53. The average molecular weight is 332 g/mol. The maximum atomic E-state index is 12.2. The highest BCUT2D eigenvalue weighted by atomic mass is 16.2. The highest BCUT2D eigenvalue weighted by Gasteiger charge is 2.29. The molecule has 1 N–H and O–H groups in total. The molecule has 1 fully saturated rings. The molecule has 126 valence electrons. The quantitative estimate of drug-likeness (QED) is 0.782. The van der Waals surface area contributed by atoms with Gasteiger partial charge in [0.1, 0.15) is 0 Å². The number of aromatic nitrogens is 2. The number of para-hydroxylation sites is 1. The van der Waals surface area contributed by atoms with Crippen LogP contribution in [0.5, 0.6) is 0 Å². The number of carbonyl (C=O) groups is 1. The van der Waals surface area contributed by atoms with E-state index in [1.807, 2.05) is 46.0 Å². The molecular formula is C20H20N4O. The third kappa shape index (κ3) is 3.46. The zero-order valence-electron chi connectivity index (χ0n) is 13.9. The standard InChI is InChI=1S/C20H20N4O/c25-20-12-17(14-24(20)19-4-2-1-3-5-19)22-13-16-6-8-18(9-7-16)23-11-10-21-15-23/h1-11,15,17,22H,12-14H2. The summed E-state index contributed by atoms with van der Waals surface area (Å²) in [5, 5.41) is 3.50. The predicted molar refractivity (Wildman–Crippen MR) is 97.6 cm³/mol. The Morgan fingerprint density at radius 2 is 1.84 bits per heavy atom. The van der Waals surface area contributed by atoms with E-state index >= 15 is 0 Å². The number of carbonyl (C=O) groups excluding carboxylic acids is 1. The van der Waals surface area contributed by atoms with Gasteiger partial charge in [0, 0.05) is 49.3 Å². The number of rotatable bonds is 5. The minimum absolute atomic E-state index is 0.180. The van der Waals surface area contributed by atoms with Crippen molar-refractivity contribution in [3.8, 4) is 5.69 Å². The Morgan fingerprint density at radius 1 is 1.04 bits per heavy atom. The van der Waals surface area contributed by atoms with Crippen LogP contribution >= 0.6 is 0 Å². The van der Waals surface area contributed by atoms with Gasteiger partial charge < -0.3 is 14.8 Å². The molecule has 0 aliphatic carbocycles. The molecule has 1 saturated heterocycles. The van der Waals surface area contributed by atoms with Crippen molar-refractivity contribution in [1.29, 1.82) is 0 Å². The number of imidazole rings is 1. The molecule has 1 aliphatic rings. The second-order valence-electron chi connectivity index (χ2n) is 6.26. The normalized spacial score (nSPS) is 17.2. The molecule has 2 heterocycles. The van der Waals surface area contributed by atoms with Crippen LogP contribution in [-0.2, 0) is 11.3 Å². The van der Waals surface area contributed by atoms with Crippen molar-refractivity contribution >= 4 is 11.6 Å². The summed E-state index contributed by atoms with van der Waals surface area (Å²) < 4.78 is 1.98. The summed E-state index contributed by atoms with van der Waals surface area (Å²) in [7, 11) is 0. The smallest absolute Gasteiger partial charge is 0.228 e. The van der Waals surface area contributed by atoms with Crippen LogP contribution < -0.4 is 10.2 Å². The Bertz CT molecular complexity index is 828. The molecule has 25 heavy (non-hydrogen) atoms. The first-order valence-corrected chi connectivity index (χ1v) is 8.46. The predicted octanol–water partition coefficient (Wildman–Crippen LogP) is 2.77. The van der Waals surface area contributed by atoms with Crippen molar-refractivity contribution in [2.45, 2.75) is 19.0 Å². The number of benzene rings is 2. The maximum Gasteiger partial charge on any atom is 0.228 e. The average Bonchev–Trinajstić information content (AvgIpc) is 3.31. The molecule has 3 aromatic rings. The van der Waals surface area contributed by atoms with Crippen molar-refractivity contribution in [2.24, 2.45) is 0 Å². The topological polar surface area (TPSA) is 50.2 Å². The third-order valence-corrected chi connectivity index (χ3v) is 4.53. The van der Waals surface area contributed by atoms with Gasteiger partial charge in [0.15, 0.2) is 0 Å². The summed E-state index contributed by atoms with van der Waals surface area (Å²) in [4.78, 5) is 18.2. The molecule has 2 aromatic carbocycles. The Labute approximate surface area is 146 Å². The number of hydrogen-bond donors (Lipinski definition) is 1. The molecule has 0 radical (unpaired) electrons. The van der Waals surface area contributed by atoms with E-state index in [2.05, 4.69) is 34.6 Å². The van der Waals surface area contributed by atoms with E-state index in [0.29, 0.717) is 6.42 Å². The summed E-state index contributed by atoms with van der Waals surface area (Å²) in [5.74, 6) is 0.180. The van der Waals surface area contributed by atoms with Crippen LogP contribution in [0, 0.1) is 0 Å². The van der Waals surface area contributed by atoms with Gasteiger partial charge in [-0.3, -0.25) is 4.79 Å². The van der Waals surface area contributed by atoms with Crippen LogP contribution in [0.2, 0.25) is 0 Å². The Balaban J connectivity index is 1.35. The zero-order valence-corrected chi connectivity index (χ0v) is 13.9. The monoisotopic (exact) mass is 332 g/mol. The Kier molecular flexibility index (Phi) is 4.31. The van der Waals surface area contributed by atoms with Gasteiger partial charge in [0.2, 0.25) is 5.91 Å². The fourth-order valence-electron chi connectivity index (χ4n) is 3.16. The van der Waals surface area contributed by atoms with E-state index < -0.39 is 0 Å². The molecule has 1 aromatic heterocycles. The van der Waals surface area contributed by atoms with E-state index in [1.54, 1.807) is 12.5 Å². The van der Waals surface area contributed by atoms with Gasteiger partial charge in [-0.05, 0) is 29.8 Å². The minimum Gasteiger partial charge on any atom is -0.311 e. The first-order chi connectivity index (χ1) is 12.3. The summed E-state index contributed by atoms with van der Waals surface area (Å²) in [5.41, 5.74) is 3.27. The van der Waals surface area contributed by atoms with Crippen molar-refractivity contribution in [3.63, 3.8) is 0 Å². The van der Waals surface area contributed by atoms with Crippen LogP contribution in [0.25, 0.3) is 5.69 Å². The number of hydrogen-bond acceptors (Lipinski definition) is 3. The lowest BCUT2D eigenvalue weighted by Crippen LogP contribution is -2.32. The fourth-order valence-corrected chi connectivity index (χ4v) is 3.16. The number of amides is 1. The lowest BCUT2D eigenvalue weighted by atomic mass is 10.2. The first kappa shape index (κ1) is 15.6. The second kappa shape index (κ2) is 6.91. The van der Waals surface area contributed by atoms with E-state index in [1.165, 1.54) is 5.56 Å². The molecule has 5 nitrogen and oxygen atoms in total. The summed E-state index contributed by atoms with van der Waals surface area (Å²) in [6.45, 7) is 1.47. The van der Waals surface area contributed by atoms with Gasteiger partial charge in [-0.1, -0.05) is 30.3 Å². The largest absolute Gasteiger partial charge is 0.311 e. The number of anilines is 1. The molecule has 0 saturated carbocycles. The molecule has 0 spiro atoms. The lowest BCUT2D eigenvalue weighted by Gasteiger charge is -2.17. The summed E-state index contributed by atoms with van der Waals surface area (Å²) in [6.07, 6.45) is 6.03. The number of nitrogens with zero attached hydrogens (tertiary/aromatic N) is 3. The van der Waals surface area contributed by atoms with Crippen LogP contribution in [0.3, 0.4) is 0 Å². The van der Waals surface area contributed by atoms with Crippen molar-refractivity contribution in [2.75, 3.05) is 11.4 Å². The van der Waals surface area contributed by atoms with Gasteiger partial charge in [-0.15, -0.1) is 0 Å². The fraction of sp³-hybridized carbons (Fsp3) is 0.200. The summed E-state index contributed by atoms with van der Waals surface area (Å²) in [6, 6.07) is 18.4. The zero-order chi connectivity index (χ0) is 17.1. The summed E-state index contributed by atoms with van der Waals surface area (Å²) >= 11 is 0. The minimum atomic E-state index is 0.180. The SMILES string of the molecule is O=C1CC(NCc2ccc(-n3ccnc3)cc2)CN1c1ccccc1. The van der Waals surface area contributed by atoms with Crippen LogP contribution in [0.15, 0.2) is 73.3 Å². The van der Waals surface area contributed by atoms with Gasteiger partial charge in [-0.2, -0.15) is 0 Å². The van der Waals surface area contributed by atoms with Gasteiger partial charge in [0.25, 0.3) is 0 Å². The molecule has 5 heteroatoms. The molecule has 4 rings (SSSR count). The molecule has 1 aliphatic heterocycles. The first-order valence-electron chi connectivity index (χ1n) is 8.46. The number of nitrogens with one attached hydrogen (secondary N) is 1. The van der Waals surface area contributed by atoms with E-state index in [0.717, 1.165) is 24.5 Å². The van der Waals surface area contributed by atoms with Gasteiger partial charge >= 0.3 is 0 Å². The van der Waals surface area contributed by atoms with E-state index in [4.69, 9.17) is 0 Å². The molecule has 1 atom stereocenters. The van der Waals surface area contributed by atoms with Crippen molar-refractivity contribution in [1.82, 2.24) is 14.9 Å². The molecule has 1 amide bonds. The Hall–Kier alpha value is -2.92. The second-order valence-corrected chi connectivity index (χ2v) is 6.26. The van der Waals surface area contributed by atoms with Crippen LogP contribution in [0.4, 0.5) is 5.69 Å².